The van der Waals surface area contributed by atoms with Crippen molar-refractivity contribution >= 4 is 16.9 Å². The number of aromatic nitrogens is 6. The molecule has 0 aliphatic carbocycles. The maximum absolute atomic E-state index is 4.54. The van der Waals surface area contributed by atoms with E-state index in [1.807, 2.05) is 37.2 Å². The lowest BCUT2D eigenvalue weighted by atomic mass is 10.3. The fraction of sp³-hybridized carbons (Fsp3) is 0.500. The lowest BCUT2D eigenvalue weighted by Gasteiger charge is -2.09. The first-order valence-corrected chi connectivity index (χ1v) is 7.88. The molecule has 0 spiro atoms. The number of nitrogens with one attached hydrogen (secondary N) is 1. The normalized spacial score (nSPS) is 11.3. The van der Waals surface area contributed by atoms with E-state index in [0.29, 0.717) is 0 Å². The van der Waals surface area contributed by atoms with Gasteiger partial charge in [-0.05, 0) is 40.2 Å². The molecule has 0 saturated heterocycles. The van der Waals surface area contributed by atoms with E-state index in [1.165, 1.54) is 5.69 Å². The molecule has 0 radical (unpaired) electrons. The van der Waals surface area contributed by atoms with Gasteiger partial charge in [0.05, 0.1) is 11.4 Å². The number of anilines is 1. The van der Waals surface area contributed by atoms with Crippen LogP contribution in [0.1, 0.15) is 29.3 Å². The van der Waals surface area contributed by atoms with Crippen molar-refractivity contribution in [1.29, 1.82) is 0 Å². The summed E-state index contributed by atoms with van der Waals surface area (Å²) in [6, 6.07) is 2.10. The summed E-state index contributed by atoms with van der Waals surface area (Å²) in [5.74, 6) is 1.61. The van der Waals surface area contributed by atoms with Crippen LogP contribution in [0.15, 0.2) is 6.07 Å². The van der Waals surface area contributed by atoms with E-state index in [-0.39, 0.29) is 0 Å². The van der Waals surface area contributed by atoms with Crippen LogP contribution in [0.3, 0.4) is 0 Å². The van der Waals surface area contributed by atoms with Gasteiger partial charge in [-0.3, -0.25) is 9.36 Å². The maximum Gasteiger partial charge on any atom is 0.156 e. The molecule has 3 heterocycles. The Morgan fingerprint density at radius 1 is 1.09 bits per heavy atom. The van der Waals surface area contributed by atoms with Gasteiger partial charge in [0.15, 0.2) is 5.82 Å². The van der Waals surface area contributed by atoms with Crippen LogP contribution in [0.4, 0.5) is 5.82 Å². The molecule has 7 nitrogen and oxygen atoms in total. The van der Waals surface area contributed by atoms with Gasteiger partial charge in [-0.1, -0.05) is 0 Å². The number of rotatable bonds is 5. The SMILES string of the molecule is Cc1cc(C)n(CCCNc2nc(C)nc3c(C)nn(C)c23)n1. The second kappa shape index (κ2) is 5.98. The van der Waals surface area contributed by atoms with Crippen LogP contribution >= 0.6 is 0 Å². The zero-order valence-corrected chi connectivity index (χ0v) is 14.4. The number of nitrogens with zero attached hydrogens (tertiary/aromatic N) is 6. The third kappa shape index (κ3) is 3.04. The second-order valence-electron chi connectivity index (χ2n) is 5.96. The molecule has 3 rings (SSSR count). The first-order valence-electron chi connectivity index (χ1n) is 7.88. The molecule has 0 saturated carbocycles. The van der Waals surface area contributed by atoms with E-state index in [1.54, 1.807) is 0 Å². The van der Waals surface area contributed by atoms with Crippen molar-refractivity contribution < 1.29 is 0 Å². The van der Waals surface area contributed by atoms with E-state index in [0.717, 1.165) is 53.6 Å². The van der Waals surface area contributed by atoms with Gasteiger partial charge in [-0.2, -0.15) is 10.2 Å². The van der Waals surface area contributed by atoms with E-state index in [9.17, 15) is 0 Å². The average Bonchev–Trinajstić information content (AvgIpc) is 2.94. The van der Waals surface area contributed by atoms with Crippen molar-refractivity contribution in [1.82, 2.24) is 29.5 Å². The zero-order valence-electron chi connectivity index (χ0n) is 14.4. The summed E-state index contributed by atoms with van der Waals surface area (Å²) in [6.45, 7) is 9.71. The van der Waals surface area contributed by atoms with Crippen molar-refractivity contribution in [2.24, 2.45) is 7.05 Å². The van der Waals surface area contributed by atoms with Gasteiger partial charge < -0.3 is 5.32 Å². The minimum absolute atomic E-state index is 0.759. The van der Waals surface area contributed by atoms with Crippen LogP contribution in [0.5, 0.6) is 0 Å². The molecule has 122 valence electrons. The fourth-order valence-corrected chi connectivity index (χ4v) is 2.91. The van der Waals surface area contributed by atoms with E-state index >= 15 is 0 Å². The highest BCUT2D eigenvalue weighted by Gasteiger charge is 2.13. The summed E-state index contributed by atoms with van der Waals surface area (Å²) in [5, 5.41) is 12.4. The molecule has 0 aliphatic rings. The first-order chi connectivity index (χ1) is 11.0. The Bertz CT molecular complexity index is 844. The summed E-state index contributed by atoms with van der Waals surface area (Å²) in [4.78, 5) is 9.03. The van der Waals surface area contributed by atoms with Crippen LogP contribution in [-0.2, 0) is 13.6 Å². The van der Waals surface area contributed by atoms with Gasteiger partial charge in [0.2, 0.25) is 0 Å². The molecule has 7 heteroatoms. The standard InChI is InChI=1S/C16H23N7/c1-10-9-11(2)23(20-10)8-6-7-17-16-15-14(18-13(4)19-16)12(3)21-22(15)5/h9H,6-8H2,1-5H3,(H,17,18,19). The quantitative estimate of drug-likeness (QED) is 0.732. The zero-order chi connectivity index (χ0) is 16.6. The van der Waals surface area contributed by atoms with Gasteiger partial charge in [0.25, 0.3) is 0 Å². The molecule has 0 amide bonds. The number of aryl methyl sites for hydroxylation is 6. The molecule has 3 aromatic rings. The molecule has 23 heavy (non-hydrogen) atoms. The van der Waals surface area contributed by atoms with E-state index in [4.69, 9.17) is 0 Å². The summed E-state index contributed by atoms with van der Waals surface area (Å²) >= 11 is 0. The summed E-state index contributed by atoms with van der Waals surface area (Å²) in [6.07, 6.45) is 0.976. The molecule has 0 fully saturated rings. The van der Waals surface area contributed by atoms with E-state index in [2.05, 4.69) is 38.5 Å². The molecular weight excluding hydrogens is 290 g/mol. The maximum atomic E-state index is 4.54. The van der Waals surface area contributed by atoms with Crippen LogP contribution < -0.4 is 5.32 Å². The first kappa shape index (κ1) is 15.5. The van der Waals surface area contributed by atoms with Gasteiger partial charge in [0, 0.05) is 25.8 Å². The molecule has 0 unspecified atom stereocenters. The minimum Gasteiger partial charge on any atom is -0.368 e. The third-order valence-corrected chi connectivity index (χ3v) is 3.90. The van der Waals surface area contributed by atoms with Crippen LogP contribution in [0.25, 0.3) is 11.0 Å². The van der Waals surface area contributed by atoms with Crippen LogP contribution in [-0.4, -0.2) is 36.1 Å². The molecule has 3 aromatic heterocycles. The third-order valence-electron chi connectivity index (χ3n) is 3.90. The largest absolute Gasteiger partial charge is 0.368 e. The average molecular weight is 313 g/mol. The Hall–Kier alpha value is -2.44. The summed E-state index contributed by atoms with van der Waals surface area (Å²) in [5.41, 5.74) is 5.07. The van der Waals surface area contributed by atoms with Crippen molar-refractivity contribution in [3.8, 4) is 0 Å². The Kier molecular flexibility index (Phi) is 4.02. The minimum atomic E-state index is 0.759. The van der Waals surface area contributed by atoms with Gasteiger partial charge >= 0.3 is 0 Å². The fourth-order valence-electron chi connectivity index (χ4n) is 2.91. The summed E-state index contributed by atoms with van der Waals surface area (Å²) in [7, 11) is 1.93. The van der Waals surface area contributed by atoms with Gasteiger partial charge in [-0.25, -0.2) is 9.97 Å². The van der Waals surface area contributed by atoms with E-state index < -0.39 is 0 Å². The Labute approximate surface area is 135 Å². The second-order valence-corrected chi connectivity index (χ2v) is 5.96. The molecular formula is C16H23N7. The predicted octanol–water partition coefficient (Wildman–Crippen LogP) is 2.30. The molecule has 0 aromatic carbocycles. The topological polar surface area (TPSA) is 73.5 Å². The van der Waals surface area contributed by atoms with Crippen LogP contribution in [0.2, 0.25) is 0 Å². The van der Waals surface area contributed by atoms with Gasteiger partial charge in [0.1, 0.15) is 16.9 Å². The van der Waals surface area contributed by atoms with Crippen LogP contribution in [0, 0.1) is 27.7 Å². The molecule has 1 N–H and O–H groups in total. The Morgan fingerprint density at radius 2 is 1.87 bits per heavy atom. The highest BCUT2D eigenvalue weighted by Crippen LogP contribution is 2.22. The van der Waals surface area contributed by atoms with Gasteiger partial charge in [-0.15, -0.1) is 0 Å². The number of hydrogen-bond donors (Lipinski definition) is 1. The molecule has 0 bridgehead atoms. The Balaban J connectivity index is 1.71. The highest BCUT2D eigenvalue weighted by molar-refractivity contribution is 5.87. The lowest BCUT2D eigenvalue weighted by molar-refractivity contribution is 0.573. The predicted molar refractivity (Wildman–Crippen MR) is 90.6 cm³/mol. The lowest BCUT2D eigenvalue weighted by Crippen LogP contribution is -2.11. The summed E-state index contributed by atoms with van der Waals surface area (Å²) < 4.78 is 3.89. The van der Waals surface area contributed by atoms with Crippen molar-refractivity contribution in [3.05, 3.63) is 29.0 Å². The number of hydrogen-bond acceptors (Lipinski definition) is 5. The number of fused-ring (bicyclic) bond motifs is 1. The highest BCUT2D eigenvalue weighted by atomic mass is 15.3. The molecule has 0 aliphatic heterocycles. The smallest absolute Gasteiger partial charge is 0.156 e. The van der Waals surface area contributed by atoms with Crippen molar-refractivity contribution in [2.45, 2.75) is 40.7 Å². The monoisotopic (exact) mass is 313 g/mol. The Morgan fingerprint density at radius 3 is 2.57 bits per heavy atom. The molecule has 0 atom stereocenters. The van der Waals surface area contributed by atoms with Crippen molar-refractivity contribution in [2.75, 3.05) is 11.9 Å². The van der Waals surface area contributed by atoms with Crippen molar-refractivity contribution in [3.63, 3.8) is 0 Å².